The first-order valence-corrected chi connectivity index (χ1v) is 5.77. The number of carbonyl (C=O) groups is 2. The van der Waals surface area contributed by atoms with Crippen LogP contribution in [0.15, 0.2) is 0 Å². The van der Waals surface area contributed by atoms with Gasteiger partial charge in [0.15, 0.2) is 0 Å². The van der Waals surface area contributed by atoms with Crippen molar-refractivity contribution < 1.29 is 14.7 Å². The van der Waals surface area contributed by atoms with Gasteiger partial charge in [-0.15, -0.1) is 0 Å². The van der Waals surface area contributed by atoms with Crippen LogP contribution in [0.5, 0.6) is 0 Å². The lowest BCUT2D eigenvalue weighted by Gasteiger charge is -2.36. The molecule has 1 heterocycles. The molecule has 0 aromatic carbocycles. The molecule has 1 aliphatic rings. The van der Waals surface area contributed by atoms with Crippen molar-refractivity contribution in [3.8, 4) is 0 Å². The summed E-state index contributed by atoms with van der Waals surface area (Å²) in [5.41, 5.74) is 0. The number of hydrogen-bond acceptors (Lipinski definition) is 2. The minimum atomic E-state index is -0.888. The zero-order valence-corrected chi connectivity index (χ0v) is 9.90. The summed E-state index contributed by atoms with van der Waals surface area (Å²) < 4.78 is 0. The number of carbonyl (C=O) groups excluding carboxylic acids is 1. The monoisotopic (exact) mass is 228 g/mol. The van der Waals surface area contributed by atoms with E-state index in [0.717, 1.165) is 19.4 Å². The highest BCUT2D eigenvalue weighted by Gasteiger charge is 2.26. The van der Waals surface area contributed by atoms with Gasteiger partial charge in [0.25, 0.3) is 0 Å². The molecule has 0 aliphatic carbocycles. The van der Waals surface area contributed by atoms with Crippen molar-refractivity contribution in [2.45, 2.75) is 39.2 Å². The Kier molecular flexibility index (Phi) is 4.58. The number of aliphatic carboxylic acids is 1. The van der Waals surface area contributed by atoms with E-state index in [1.54, 1.807) is 4.90 Å². The average Bonchev–Trinajstić information content (AvgIpc) is 2.16. The average molecular weight is 228 g/mol. The van der Waals surface area contributed by atoms with Gasteiger partial charge in [-0.2, -0.15) is 0 Å². The van der Waals surface area contributed by atoms with Crippen LogP contribution in [0.25, 0.3) is 0 Å². The smallest absolute Gasteiger partial charge is 0.317 e. The predicted octanol–water partition coefficient (Wildman–Crippen LogP) is 1.29. The number of urea groups is 1. The van der Waals surface area contributed by atoms with Crippen molar-refractivity contribution in [2.24, 2.45) is 5.92 Å². The fourth-order valence-electron chi connectivity index (χ4n) is 2.09. The van der Waals surface area contributed by atoms with E-state index in [-0.39, 0.29) is 25.0 Å². The van der Waals surface area contributed by atoms with Gasteiger partial charge in [0, 0.05) is 19.1 Å². The summed E-state index contributed by atoms with van der Waals surface area (Å²) in [6.07, 6.45) is 2.02. The van der Waals surface area contributed by atoms with Gasteiger partial charge in [0.1, 0.15) is 0 Å². The molecule has 2 N–H and O–H groups in total. The Morgan fingerprint density at radius 1 is 1.44 bits per heavy atom. The number of likely N-dealkylation sites (tertiary alicyclic amines) is 1. The van der Waals surface area contributed by atoms with Crippen LogP contribution in [-0.4, -0.2) is 41.1 Å². The highest BCUT2D eigenvalue weighted by molar-refractivity contribution is 5.75. The molecule has 0 radical (unpaired) electrons. The zero-order chi connectivity index (χ0) is 12.1. The molecule has 16 heavy (non-hydrogen) atoms. The van der Waals surface area contributed by atoms with Crippen LogP contribution in [0.1, 0.15) is 33.1 Å². The second-order valence-electron chi connectivity index (χ2n) is 4.55. The van der Waals surface area contributed by atoms with Crippen LogP contribution in [0.4, 0.5) is 4.79 Å². The maximum atomic E-state index is 11.7. The van der Waals surface area contributed by atoms with Crippen LogP contribution < -0.4 is 5.32 Å². The van der Waals surface area contributed by atoms with Crippen molar-refractivity contribution in [1.29, 1.82) is 0 Å². The third-order valence-corrected chi connectivity index (χ3v) is 3.01. The van der Waals surface area contributed by atoms with Gasteiger partial charge in [-0.3, -0.25) is 4.79 Å². The number of carboxylic acid groups (broad SMARTS) is 1. The van der Waals surface area contributed by atoms with E-state index in [0.29, 0.717) is 5.92 Å². The van der Waals surface area contributed by atoms with Crippen LogP contribution in [0.3, 0.4) is 0 Å². The van der Waals surface area contributed by atoms with E-state index >= 15 is 0 Å². The summed E-state index contributed by atoms with van der Waals surface area (Å²) in [5.74, 6) is -0.223. The molecule has 0 aromatic rings. The van der Waals surface area contributed by atoms with Crippen molar-refractivity contribution >= 4 is 12.0 Å². The lowest BCUT2D eigenvalue weighted by molar-refractivity contribution is -0.136. The Labute approximate surface area is 95.8 Å². The van der Waals surface area contributed by atoms with Gasteiger partial charge in [-0.1, -0.05) is 6.92 Å². The third kappa shape index (κ3) is 3.72. The normalized spacial score (nSPS) is 25.2. The first kappa shape index (κ1) is 12.8. The molecule has 0 bridgehead atoms. The van der Waals surface area contributed by atoms with Crippen molar-refractivity contribution in [3.63, 3.8) is 0 Å². The number of hydrogen-bond donors (Lipinski definition) is 2. The van der Waals surface area contributed by atoms with Crippen LogP contribution in [0, 0.1) is 5.92 Å². The molecule has 1 fully saturated rings. The summed E-state index contributed by atoms with van der Waals surface area (Å²) in [5, 5.41) is 11.1. The minimum Gasteiger partial charge on any atom is -0.481 e. The third-order valence-electron chi connectivity index (χ3n) is 3.01. The molecule has 1 aliphatic heterocycles. The van der Waals surface area contributed by atoms with E-state index in [4.69, 9.17) is 5.11 Å². The molecule has 0 spiro atoms. The largest absolute Gasteiger partial charge is 0.481 e. The Balaban J connectivity index is 2.33. The second-order valence-corrected chi connectivity index (χ2v) is 4.55. The molecule has 0 aromatic heterocycles. The summed E-state index contributed by atoms with van der Waals surface area (Å²) in [6, 6.07) is 0.106. The minimum absolute atomic E-state index is 0.0234. The Hall–Kier alpha value is -1.26. The molecule has 92 valence electrons. The van der Waals surface area contributed by atoms with Crippen molar-refractivity contribution in [2.75, 3.05) is 13.1 Å². The molecule has 5 heteroatoms. The topological polar surface area (TPSA) is 69.6 Å². The van der Waals surface area contributed by atoms with E-state index in [1.165, 1.54) is 0 Å². The predicted molar refractivity (Wildman–Crippen MR) is 60.2 cm³/mol. The first-order chi connectivity index (χ1) is 7.50. The maximum absolute atomic E-state index is 11.7. The van der Waals surface area contributed by atoms with E-state index < -0.39 is 5.97 Å². The summed E-state index contributed by atoms with van der Waals surface area (Å²) in [4.78, 5) is 23.8. The number of amides is 2. The van der Waals surface area contributed by atoms with Crippen molar-refractivity contribution in [3.05, 3.63) is 0 Å². The van der Waals surface area contributed by atoms with Crippen LogP contribution >= 0.6 is 0 Å². The number of piperidine rings is 1. The van der Waals surface area contributed by atoms with Gasteiger partial charge in [0.05, 0.1) is 6.42 Å². The van der Waals surface area contributed by atoms with Crippen molar-refractivity contribution in [1.82, 2.24) is 10.2 Å². The molecule has 5 nitrogen and oxygen atoms in total. The van der Waals surface area contributed by atoms with Gasteiger partial charge in [0.2, 0.25) is 0 Å². The standard InChI is InChI=1S/C11H20N2O3/c1-8-4-6-13(9(2)7-8)11(16)12-5-3-10(14)15/h8-9H,3-7H2,1-2H3,(H,12,16)(H,14,15). The number of nitrogens with one attached hydrogen (secondary N) is 1. The Morgan fingerprint density at radius 3 is 2.69 bits per heavy atom. The molecular formula is C11H20N2O3. The lowest BCUT2D eigenvalue weighted by atomic mass is 9.94. The quantitative estimate of drug-likeness (QED) is 0.764. The fraction of sp³-hybridized carbons (Fsp3) is 0.818. The SMILES string of the molecule is CC1CCN(C(=O)NCCC(=O)O)C(C)C1. The Bertz CT molecular complexity index is 268. The molecule has 0 saturated carbocycles. The lowest BCUT2D eigenvalue weighted by Crippen LogP contribution is -2.49. The molecule has 2 unspecified atom stereocenters. The fourth-order valence-corrected chi connectivity index (χ4v) is 2.09. The first-order valence-electron chi connectivity index (χ1n) is 5.77. The van der Waals surface area contributed by atoms with Crippen LogP contribution in [0.2, 0.25) is 0 Å². The highest BCUT2D eigenvalue weighted by atomic mass is 16.4. The van der Waals surface area contributed by atoms with Gasteiger partial charge in [-0.05, 0) is 25.7 Å². The highest BCUT2D eigenvalue weighted by Crippen LogP contribution is 2.21. The number of rotatable bonds is 3. The molecular weight excluding hydrogens is 208 g/mol. The molecule has 1 rings (SSSR count). The van der Waals surface area contributed by atoms with Gasteiger partial charge >= 0.3 is 12.0 Å². The molecule has 2 atom stereocenters. The van der Waals surface area contributed by atoms with E-state index in [1.807, 2.05) is 6.92 Å². The summed E-state index contributed by atoms with van der Waals surface area (Å²) in [6.45, 7) is 5.19. The number of carboxylic acids is 1. The molecule has 1 saturated heterocycles. The molecule has 2 amide bonds. The summed E-state index contributed by atoms with van der Waals surface area (Å²) >= 11 is 0. The van der Waals surface area contributed by atoms with Crippen LogP contribution in [-0.2, 0) is 4.79 Å². The van der Waals surface area contributed by atoms with E-state index in [2.05, 4.69) is 12.2 Å². The van der Waals surface area contributed by atoms with E-state index in [9.17, 15) is 9.59 Å². The second kappa shape index (κ2) is 5.72. The maximum Gasteiger partial charge on any atom is 0.317 e. The zero-order valence-electron chi connectivity index (χ0n) is 9.90. The van der Waals surface area contributed by atoms with Gasteiger partial charge in [-0.25, -0.2) is 4.79 Å². The Morgan fingerprint density at radius 2 is 2.12 bits per heavy atom. The summed E-state index contributed by atoms with van der Waals surface area (Å²) in [7, 11) is 0. The number of nitrogens with zero attached hydrogens (tertiary/aromatic N) is 1. The van der Waals surface area contributed by atoms with Gasteiger partial charge < -0.3 is 15.3 Å².